The van der Waals surface area contributed by atoms with Crippen LogP contribution in [0.3, 0.4) is 0 Å². The van der Waals surface area contributed by atoms with Crippen LogP contribution in [-0.4, -0.2) is 9.78 Å². The van der Waals surface area contributed by atoms with Crippen LogP contribution in [0.4, 0.5) is 0 Å². The van der Waals surface area contributed by atoms with Gasteiger partial charge in [-0.05, 0) is 34.1 Å². The normalized spacial score (nSPS) is 10.3. The Morgan fingerprint density at radius 3 is 2.62 bits per heavy atom. The van der Waals surface area contributed by atoms with Gasteiger partial charge >= 0.3 is 0 Å². The van der Waals surface area contributed by atoms with Gasteiger partial charge in [-0.25, -0.2) is 4.68 Å². The number of hydrogen-bond donors (Lipinski definition) is 0. The predicted octanol–water partition coefficient (Wildman–Crippen LogP) is 3.29. The summed E-state index contributed by atoms with van der Waals surface area (Å²) in [5.41, 5.74) is 0.981. The standard InChI is InChI=1S/C9H6BrClN2/c10-7-3-1-2-4-8(7)13-6-5-9(11)12-13/h1-6H. The minimum atomic E-state index is 0.496. The number of aromatic nitrogens is 2. The maximum atomic E-state index is 5.72. The third-order valence-corrected chi connectivity index (χ3v) is 2.53. The lowest BCUT2D eigenvalue weighted by molar-refractivity contribution is 0.876. The highest BCUT2D eigenvalue weighted by atomic mass is 79.9. The van der Waals surface area contributed by atoms with Gasteiger partial charge in [-0.15, -0.1) is 0 Å². The molecule has 0 unspecified atom stereocenters. The van der Waals surface area contributed by atoms with E-state index >= 15 is 0 Å². The molecule has 2 nitrogen and oxygen atoms in total. The van der Waals surface area contributed by atoms with Gasteiger partial charge in [0.2, 0.25) is 0 Å². The van der Waals surface area contributed by atoms with Crippen molar-refractivity contribution in [2.24, 2.45) is 0 Å². The van der Waals surface area contributed by atoms with E-state index in [0.717, 1.165) is 10.2 Å². The minimum absolute atomic E-state index is 0.496. The highest BCUT2D eigenvalue weighted by Gasteiger charge is 2.01. The van der Waals surface area contributed by atoms with Crippen LogP contribution in [0, 0.1) is 0 Å². The van der Waals surface area contributed by atoms with Gasteiger partial charge in [-0.2, -0.15) is 5.10 Å². The second-order valence-corrected chi connectivity index (χ2v) is 3.78. The molecule has 0 aliphatic carbocycles. The summed E-state index contributed by atoms with van der Waals surface area (Å²) in [7, 11) is 0. The second kappa shape index (κ2) is 3.52. The maximum absolute atomic E-state index is 5.72. The van der Waals surface area contributed by atoms with E-state index in [2.05, 4.69) is 21.0 Å². The first-order valence-corrected chi connectivity index (χ1v) is 4.90. The average molecular weight is 258 g/mol. The van der Waals surface area contributed by atoms with Gasteiger partial charge in [0, 0.05) is 10.7 Å². The van der Waals surface area contributed by atoms with Crippen LogP contribution in [0.15, 0.2) is 41.0 Å². The summed E-state index contributed by atoms with van der Waals surface area (Å²) < 4.78 is 2.72. The third-order valence-electron chi connectivity index (χ3n) is 1.66. The quantitative estimate of drug-likeness (QED) is 0.766. The Labute approximate surface area is 89.3 Å². The van der Waals surface area contributed by atoms with Crippen LogP contribution >= 0.6 is 27.5 Å². The van der Waals surface area contributed by atoms with Crippen LogP contribution < -0.4 is 0 Å². The lowest BCUT2D eigenvalue weighted by atomic mass is 10.3. The molecular formula is C9H6BrClN2. The smallest absolute Gasteiger partial charge is 0.151 e. The van der Waals surface area contributed by atoms with E-state index in [4.69, 9.17) is 11.6 Å². The zero-order valence-corrected chi connectivity index (χ0v) is 8.96. The highest BCUT2D eigenvalue weighted by molar-refractivity contribution is 9.10. The molecule has 1 heterocycles. The number of benzene rings is 1. The van der Waals surface area contributed by atoms with Gasteiger partial charge < -0.3 is 0 Å². The summed E-state index contributed by atoms with van der Waals surface area (Å²) in [5, 5.41) is 4.59. The van der Waals surface area contributed by atoms with Crippen LogP contribution in [-0.2, 0) is 0 Å². The molecular weight excluding hydrogens is 251 g/mol. The molecule has 2 rings (SSSR count). The van der Waals surface area contributed by atoms with E-state index in [0.29, 0.717) is 5.15 Å². The van der Waals surface area contributed by atoms with E-state index in [-0.39, 0.29) is 0 Å². The Morgan fingerprint density at radius 2 is 2.00 bits per heavy atom. The first-order valence-electron chi connectivity index (χ1n) is 3.73. The van der Waals surface area contributed by atoms with Crippen molar-refractivity contribution in [1.82, 2.24) is 9.78 Å². The molecule has 4 heteroatoms. The summed E-state index contributed by atoms with van der Waals surface area (Å²) in [6.07, 6.45) is 1.82. The molecule has 66 valence electrons. The molecule has 0 aliphatic rings. The Balaban J connectivity index is 2.52. The highest BCUT2D eigenvalue weighted by Crippen LogP contribution is 2.20. The SMILES string of the molecule is Clc1ccn(-c2ccccc2Br)n1. The van der Waals surface area contributed by atoms with E-state index in [1.165, 1.54) is 0 Å². The first-order chi connectivity index (χ1) is 6.27. The monoisotopic (exact) mass is 256 g/mol. The zero-order valence-electron chi connectivity index (χ0n) is 6.61. The fourth-order valence-electron chi connectivity index (χ4n) is 1.07. The molecule has 0 bridgehead atoms. The maximum Gasteiger partial charge on any atom is 0.151 e. The molecule has 0 saturated heterocycles. The van der Waals surface area contributed by atoms with Crippen molar-refractivity contribution in [1.29, 1.82) is 0 Å². The van der Waals surface area contributed by atoms with Gasteiger partial charge in [0.25, 0.3) is 0 Å². The predicted molar refractivity (Wildman–Crippen MR) is 56.3 cm³/mol. The molecule has 0 radical (unpaired) electrons. The second-order valence-electron chi connectivity index (χ2n) is 2.53. The van der Waals surface area contributed by atoms with Gasteiger partial charge in [0.05, 0.1) is 5.69 Å². The molecule has 1 aromatic heterocycles. The summed E-state index contributed by atoms with van der Waals surface area (Å²) in [6.45, 7) is 0. The number of hydrogen-bond acceptors (Lipinski definition) is 1. The molecule has 0 atom stereocenters. The van der Waals surface area contributed by atoms with Crippen molar-refractivity contribution >= 4 is 27.5 Å². The molecule has 1 aromatic carbocycles. The molecule has 0 spiro atoms. The van der Waals surface area contributed by atoms with Crippen molar-refractivity contribution in [3.05, 3.63) is 46.2 Å². The van der Waals surface area contributed by atoms with Crippen molar-refractivity contribution in [3.8, 4) is 5.69 Å². The van der Waals surface area contributed by atoms with Crippen LogP contribution in [0.25, 0.3) is 5.69 Å². The first kappa shape index (κ1) is 8.78. The van der Waals surface area contributed by atoms with E-state index in [1.54, 1.807) is 10.7 Å². The van der Waals surface area contributed by atoms with Crippen LogP contribution in [0.1, 0.15) is 0 Å². The number of para-hydroxylation sites is 1. The van der Waals surface area contributed by atoms with Crippen molar-refractivity contribution < 1.29 is 0 Å². The molecule has 2 aromatic rings. The Bertz CT molecular complexity index is 425. The van der Waals surface area contributed by atoms with Crippen molar-refractivity contribution in [2.75, 3.05) is 0 Å². The number of halogens is 2. The Morgan fingerprint density at radius 1 is 1.23 bits per heavy atom. The zero-order chi connectivity index (χ0) is 9.26. The fraction of sp³-hybridized carbons (Fsp3) is 0. The summed E-state index contributed by atoms with van der Waals surface area (Å²) in [6, 6.07) is 9.59. The molecule has 0 N–H and O–H groups in total. The van der Waals surface area contributed by atoms with Crippen molar-refractivity contribution in [3.63, 3.8) is 0 Å². The largest absolute Gasteiger partial charge is 0.238 e. The van der Waals surface area contributed by atoms with E-state index in [1.807, 2.05) is 30.5 Å². The summed E-state index contributed by atoms with van der Waals surface area (Å²) in [4.78, 5) is 0. The summed E-state index contributed by atoms with van der Waals surface area (Å²) in [5.74, 6) is 0. The number of nitrogens with zero attached hydrogens (tertiary/aromatic N) is 2. The number of rotatable bonds is 1. The van der Waals surface area contributed by atoms with Crippen molar-refractivity contribution in [2.45, 2.75) is 0 Å². The van der Waals surface area contributed by atoms with Gasteiger partial charge in [0.1, 0.15) is 0 Å². The lowest BCUT2D eigenvalue weighted by Gasteiger charge is -2.02. The van der Waals surface area contributed by atoms with Crippen LogP contribution in [0.2, 0.25) is 5.15 Å². The third kappa shape index (κ3) is 1.76. The molecule has 0 aliphatic heterocycles. The average Bonchev–Trinajstić information content (AvgIpc) is 2.53. The summed E-state index contributed by atoms with van der Waals surface area (Å²) >= 11 is 9.15. The fourth-order valence-corrected chi connectivity index (χ4v) is 1.68. The van der Waals surface area contributed by atoms with Crippen LogP contribution in [0.5, 0.6) is 0 Å². The molecule has 0 saturated carbocycles. The molecule has 13 heavy (non-hydrogen) atoms. The van der Waals surface area contributed by atoms with E-state index < -0.39 is 0 Å². The lowest BCUT2D eigenvalue weighted by Crippen LogP contribution is -1.94. The van der Waals surface area contributed by atoms with Gasteiger partial charge in [-0.1, -0.05) is 23.7 Å². The van der Waals surface area contributed by atoms with Gasteiger partial charge in [-0.3, -0.25) is 0 Å². The Hall–Kier alpha value is -0.800. The topological polar surface area (TPSA) is 17.8 Å². The van der Waals surface area contributed by atoms with E-state index in [9.17, 15) is 0 Å². The van der Waals surface area contributed by atoms with Gasteiger partial charge in [0.15, 0.2) is 5.15 Å². The Kier molecular flexibility index (Phi) is 2.38. The molecule has 0 amide bonds. The molecule has 0 fully saturated rings. The minimum Gasteiger partial charge on any atom is -0.238 e.